The molecule has 0 nitrogen and oxygen atoms in total. The van der Waals surface area contributed by atoms with Gasteiger partial charge in [-0.2, -0.15) is 0 Å². The van der Waals surface area contributed by atoms with E-state index in [0.717, 1.165) is 0 Å². The van der Waals surface area contributed by atoms with Crippen LogP contribution in [-0.4, -0.2) is 0 Å². The lowest BCUT2D eigenvalue weighted by Crippen LogP contribution is -2.37. The van der Waals surface area contributed by atoms with Gasteiger partial charge in [0.2, 0.25) is 0 Å². The third-order valence-corrected chi connectivity index (χ3v) is 24.4. The summed E-state index contributed by atoms with van der Waals surface area (Å²) in [6.07, 6.45) is 0. The molecule has 270 valence electrons. The fourth-order valence-electron chi connectivity index (χ4n) is 24.3. The molecule has 29 aromatic rings. The summed E-state index contributed by atoms with van der Waals surface area (Å²) >= 11 is 0. The smallest absolute Gasteiger partial charge is 0.0586 e. The van der Waals surface area contributed by atoms with Crippen LogP contribution in [0.5, 0.6) is 0 Å². The maximum atomic E-state index is 2.60. The topological polar surface area (TPSA) is 0 Å². The zero-order chi connectivity index (χ0) is 38.7. The lowest BCUT2D eigenvalue weighted by molar-refractivity contribution is 0.579. The largest absolute Gasteiger partial charge is 0.0622 e. The standard InChI is InChI=1S/C66H6/c1-2-4-6(5-3-1)66-63-59-53-39-31-23-11-8-7-9-12(11)24-26-22-16(9)18-14-10(7)13-17-15(8)21-25(23)37(39)45-43-29(21)27(17)35-33-19(13)20(14)34-36-28(18)30(22)44-46-38(26)40(32(24)31)54(53)60(63)56(46)58-50(44)48(36)52-42(34)41(33)51-47(35)49(43)57(55(45)59)64(66)61(51)62(52)65(58)66/h1-5,64H. The van der Waals surface area contributed by atoms with E-state index in [-0.39, 0.29) is 11.3 Å². The molecular weight excluding hydrogens is 793 g/mol. The van der Waals surface area contributed by atoms with Crippen LogP contribution in [0.3, 0.4) is 0 Å². The van der Waals surface area contributed by atoms with E-state index in [1.165, 1.54) is 0 Å². The first-order chi connectivity index (χ1) is 33.0. The average molecular weight is 799 g/mol. The molecule has 0 aromatic heterocycles. The lowest BCUT2D eigenvalue weighted by atomic mass is 9.56. The highest BCUT2D eigenvalue weighted by Gasteiger charge is 2.63. The van der Waals surface area contributed by atoms with Crippen molar-refractivity contribution < 1.29 is 0 Å². The summed E-state index contributed by atoms with van der Waals surface area (Å²) in [4.78, 5) is 0. The summed E-state index contributed by atoms with van der Waals surface area (Å²) in [6.45, 7) is 0. The summed E-state index contributed by atoms with van der Waals surface area (Å²) in [7, 11) is 0. The molecule has 0 heterocycles. The first-order valence-corrected chi connectivity index (χ1v) is 24.8. The third kappa shape index (κ3) is 1.21. The van der Waals surface area contributed by atoms with E-state index in [2.05, 4.69) is 30.3 Å². The predicted octanol–water partition coefficient (Wildman–Crippen LogP) is 18.2. The molecule has 0 radical (unpaired) electrons. The van der Waals surface area contributed by atoms with Gasteiger partial charge < -0.3 is 0 Å². The fraction of sp³-hybridized carbons (Fsp3) is 0.0303. The van der Waals surface area contributed by atoms with E-state index < -0.39 is 0 Å². The predicted molar refractivity (Wildman–Crippen MR) is 280 cm³/mol. The van der Waals surface area contributed by atoms with Gasteiger partial charge >= 0.3 is 0 Å². The molecule has 4 aliphatic carbocycles. The van der Waals surface area contributed by atoms with Crippen molar-refractivity contribution in [1.82, 2.24) is 0 Å². The minimum absolute atomic E-state index is 0.255. The second-order valence-corrected chi connectivity index (χ2v) is 24.4. The highest BCUT2D eigenvalue weighted by atomic mass is 14.6. The molecule has 33 rings (SSSR count). The molecule has 0 saturated heterocycles. The summed E-state index contributed by atoms with van der Waals surface area (Å²) in [5.41, 5.74) is 8.20. The summed E-state index contributed by atoms with van der Waals surface area (Å²) in [5.74, 6) is 0.255. The molecule has 29 aromatic carbocycles. The van der Waals surface area contributed by atoms with E-state index in [4.69, 9.17) is 0 Å². The first-order valence-electron chi connectivity index (χ1n) is 24.8. The Labute approximate surface area is 358 Å². The van der Waals surface area contributed by atoms with Crippen LogP contribution >= 0.6 is 0 Å². The Morgan fingerprint density at radius 2 is 0.364 bits per heavy atom. The van der Waals surface area contributed by atoms with Crippen LogP contribution in [0.2, 0.25) is 0 Å². The van der Waals surface area contributed by atoms with Crippen molar-refractivity contribution in [2.24, 2.45) is 0 Å². The third-order valence-electron chi connectivity index (χ3n) is 24.4. The molecule has 2 unspecified atom stereocenters. The van der Waals surface area contributed by atoms with Crippen LogP contribution in [0.25, 0.3) is 291 Å². The van der Waals surface area contributed by atoms with Crippen molar-refractivity contribution in [3.8, 4) is 0 Å². The Morgan fingerprint density at radius 1 is 0.182 bits per heavy atom. The van der Waals surface area contributed by atoms with Gasteiger partial charge in [0.15, 0.2) is 0 Å². The molecule has 4 aliphatic rings. The van der Waals surface area contributed by atoms with Crippen LogP contribution in [0.1, 0.15) is 33.7 Å². The Kier molecular flexibility index (Phi) is 1.88. The second kappa shape index (κ2) is 5.27. The normalized spacial score (nSPS) is 21.2. The minimum Gasteiger partial charge on any atom is -0.0622 e. The maximum absolute atomic E-state index is 2.60. The van der Waals surface area contributed by atoms with Crippen LogP contribution in [0.15, 0.2) is 30.3 Å². The van der Waals surface area contributed by atoms with Crippen LogP contribution in [0, 0.1) is 0 Å². The maximum Gasteiger partial charge on any atom is 0.0586 e. The number of hydrogen-bond donors (Lipinski definition) is 0. The molecule has 2 atom stereocenters. The van der Waals surface area contributed by atoms with Gasteiger partial charge in [-0.05, 0) is 319 Å². The number of benzene rings is 18. The molecule has 0 heteroatoms. The Morgan fingerprint density at radius 3 is 0.682 bits per heavy atom. The van der Waals surface area contributed by atoms with E-state index in [1.807, 2.05) is 0 Å². The van der Waals surface area contributed by atoms with Crippen LogP contribution in [-0.2, 0) is 5.41 Å². The first kappa shape index (κ1) is 23.6. The molecular formula is C66H6. The van der Waals surface area contributed by atoms with E-state index >= 15 is 0 Å². The summed E-state index contributed by atoms with van der Waals surface area (Å²) in [5, 5.41) is 90.2. The van der Waals surface area contributed by atoms with Crippen molar-refractivity contribution >= 4 is 291 Å². The van der Waals surface area contributed by atoms with Crippen molar-refractivity contribution in [3.05, 3.63) is 58.1 Å². The minimum atomic E-state index is -0.299. The second-order valence-electron chi connectivity index (χ2n) is 24.4. The average Bonchev–Trinajstić information content (AvgIpc) is 4.19. The van der Waals surface area contributed by atoms with Crippen molar-refractivity contribution in [3.63, 3.8) is 0 Å². The molecule has 66 heavy (non-hydrogen) atoms. The monoisotopic (exact) mass is 798 g/mol. The van der Waals surface area contributed by atoms with Gasteiger partial charge in [-0.1, -0.05) is 30.3 Å². The van der Waals surface area contributed by atoms with E-state index in [0.29, 0.717) is 0 Å². The number of hydrogen-bond acceptors (Lipinski definition) is 0. The molecule has 0 amide bonds. The zero-order valence-corrected chi connectivity index (χ0v) is 33.5. The van der Waals surface area contributed by atoms with Crippen molar-refractivity contribution in [2.45, 2.75) is 11.3 Å². The van der Waals surface area contributed by atoms with Crippen molar-refractivity contribution in [1.29, 1.82) is 0 Å². The van der Waals surface area contributed by atoms with Gasteiger partial charge in [0, 0.05) is 5.92 Å². The van der Waals surface area contributed by atoms with Gasteiger partial charge in [-0.3, -0.25) is 0 Å². The van der Waals surface area contributed by atoms with Crippen LogP contribution < -0.4 is 0 Å². The SMILES string of the molecule is c1ccc(C23c4c5c6c7c8c9c(c%10c%11c2c2c%12c4c4c%13c5c5c7c7c8c8c%14c9c%10c9c%10c%11c2c2c%11c%12c4c4c%12c%13c5c5c7c7c8c8c%14c9c9c%10c2c2c%11c4c4c%12c5c7c5c8c9c2c45)C63)cc1. The Hall–Kier alpha value is -8.32. The molecule has 0 saturated carbocycles. The van der Waals surface area contributed by atoms with E-state index in [9.17, 15) is 0 Å². The summed E-state index contributed by atoms with van der Waals surface area (Å²) in [6, 6.07) is 12.3. The van der Waals surface area contributed by atoms with Crippen molar-refractivity contribution in [2.75, 3.05) is 0 Å². The Bertz CT molecular complexity index is 7280. The lowest BCUT2D eigenvalue weighted by Gasteiger charge is -2.44. The number of rotatable bonds is 1. The molecule has 0 bridgehead atoms. The molecule has 0 N–H and O–H groups in total. The molecule has 0 fully saturated rings. The van der Waals surface area contributed by atoms with E-state index in [1.54, 1.807) is 319 Å². The van der Waals surface area contributed by atoms with Gasteiger partial charge in [-0.25, -0.2) is 0 Å². The van der Waals surface area contributed by atoms with Crippen LogP contribution in [0.4, 0.5) is 0 Å². The molecule has 0 aliphatic heterocycles. The highest BCUT2D eigenvalue weighted by molar-refractivity contribution is 6.82. The highest BCUT2D eigenvalue weighted by Crippen LogP contribution is 2.84. The quantitative estimate of drug-likeness (QED) is 0.145. The summed E-state index contributed by atoms with van der Waals surface area (Å²) < 4.78 is 0. The van der Waals surface area contributed by atoms with Gasteiger partial charge in [0.1, 0.15) is 0 Å². The Balaban J connectivity index is 1.26. The van der Waals surface area contributed by atoms with Gasteiger partial charge in [-0.15, -0.1) is 0 Å². The zero-order valence-electron chi connectivity index (χ0n) is 33.5. The van der Waals surface area contributed by atoms with Gasteiger partial charge in [0.25, 0.3) is 0 Å². The van der Waals surface area contributed by atoms with Gasteiger partial charge in [0.05, 0.1) is 5.41 Å². The molecule has 0 spiro atoms. The fourth-order valence-corrected chi connectivity index (χ4v) is 24.3.